The van der Waals surface area contributed by atoms with E-state index >= 15 is 0 Å². The number of ether oxygens (including phenoxy) is 4. The molecule has 15 nitrogen and oxygen atoms in total. The molecule has 0 amide bonds. The number of aryl methyl sites for hydroxylation is 1. The van der Waals surface area contributed by atoms with Crippen LogP contribution < -0.4 is 0 Å². The highest BCUT2D eigenvalue weighted by atomic mass is 16.7. The molecule has 15 heteroatoms. The first kappa shape index (κ1) is 33.4. The van der Waals surface area contributed by atoms with Crippen LogP contribution in [0.15, 0.2) is 42.5 Å². The first-order valence-electron chi connectivity index (χ1n) is 13.7. The summed E-state index contributed by atoms with van der Waals surface area (Å²) in [4.78, 5) is 12.8. The maximum absolute atomic E-state index is 12.8. The fourth-order valence-electron chi connectivity index (χ4n) is 4.93. The maximum atomic E-state index is 12.8. The topological polar surface area (TPSA) is 256 Å². The van der Waals surface area contributed by atoms with Gasteiger partial charge in [-0.2, -0.15) is 0 Å². The van der Waals surface area contributed by atoms with Crippen LogP contribution >= 0.6 is 0 Å². The number of phenolic OH excluding ortho intramolecular Hbond substituents is 4. The molecule has 0 unspecified atom stereocenters. The summed E-state index contributed by atoms with van der Waals surface area (Å²) in [7, 11) is 0. The van der Waals surface area contributed by atoms with E-state index in [1.807, 2.05) is 0 Å². The molecule has 2 heterocycles. The number of aliphatic hydroxyl groups excluding tert-OH is 5. The average molecular weight is 625 g/mol. The van der Waals surface area contributed by atoms with Crippen LogP contribution in [-0.4, -0.2) is 125 Å². The van der Waals surface area contributed by atoms with Gasteiger partial charge in [0.25, 0.3) is 0 Å². The van der Waals surface area contributed by atoms with Gasteiger partial charge in [0.1, 0.15) is 36.1 Å². The molecule has 0 bridgehead atoms. The predicted octanol–water partition coefficient (Wildman–Crippen LogP) is -1.28. The Morgan fingerprint density at radius 1 is 0.886 bits per heavy atom. The Morgan fingerprint density at radius 2 is 1.55 bits per heavy atom. The second-order valence-electron chi connectivity index (χ2n) is 10.8. The molecule has 2 aliphatic rings. The zero-order valence-corrected chi connectivity index (χ0v) is 23.4. The van der Waals surface area contributed by atoms with Crippen LogP contribution in [0.1, 0.15) is 24.5 Å². The van der Waals surface area contributed by atoms with E-state index in [1.54, 1.807) is 0 Å². The lowest BCUT2D eigenvalue weighted by Crippen LogP contribution is -2.68. The van der Waals surface area contributed by atoms with E-state index in [4.69, 9.17) is 18.9 Å². The number of phenols is 4. The molecule has 0 radical (unpaired) electrons. The molecule has 2 aliphatic heterocycles. The van der Waals surface area contributed by atoms with E-state index < -0.39 is 85.0 Å². The van der Waals surface area contributed by atoms with E-state index in [-0.39, 0.29) is 24.3 Å². The van der Waals surface area contributed by atoms with Crippen molar-refractivity contribution >= 4 is 12.0 Å². The van der Waals surface area contributed by atoms with Gasteiger partial charge in [-0.25, -0.2) is 4.79 Å². The van der Waals surface area contributed by atoms with Gasteiger partial charge in [-0.3, -0.25) is 0 Å². The quantitative estimate of drug-likeness (QED) is 0.0885. The zero-order valence-electron chi connectivity index (χ0n) is 23.4. The van der Waals surface area contributed by atoms with Crippen molar-refractivity contribution in [3.63, 3.8) is 0 Å². The first-order chi connectivity index (χ1) is 20.7. The highest BCUT2D eigenvalue weighted by Gasteiger charge is 2.56. The van der Waals surface area contributed by atoms with Crippen molar-refractivity contribution in [2.45, 2.75) is 80.7 Å². The van der Waals surface area contributed by atoms with Crippen molar-refractivity contribution in [2.24, 2.45) is 0 Å². The van der Waals surface area contributed by atoms with Gasteiger partial charge in [-0.1, -0.05) is 12.1 Å². The van der Waals surface area contributed by atoms with Gasteiger partial charge in [-0.05, 0) is 61.2 Å². The number of benzene rings is 2. The third-order valence-electron chi connectivity index (χ3n) is 7.67. The number of aromatic hydroxyl groups is 4. The normalized spacial score (nSPS) is 34.2. The molecule has 44 heavy (non-hydrogen) atoms. The standard InChI is InChI=1S/C29H36O15/c1-13-22(35)23(36)24(37)27(42-13)41-12-20-25(44-21(34)7-4-14-2-5-16(30)18(32)10-14)26(38)29(40,28(39)43-20)9-8-15-3-6-17(31)19(33)11-15/h2-7,10-11,13,20,22-28,30-33,35-40H,8-9,12H2,1H3/b7-4+/t13-,20+,22-,23+,24+,25+,26-,27+,28+,29+/m0/s1. The largest absolute Gasteiger partial charge is 0.504 e. The Kier molecular flexibility index (Phi) is 10.3. The Labute approximate surface area is 251 Å². The SMILES string of the molecule is C[C@@H]1O[C@@H](OC[C@H]2O[C@@H](O)[C@@](O)(CCc3ccc(O)c(O)c3)[C@@H](O)[C@@H]2OC(=O)/C=C/c2ccc(O)c(O)c2)[C@H](O)[C@H](O)[C@H]1O. The second kappa shape index (κ2) is 13.6. The molecule has 2 aromatic carbocycles. The molecule has 2 aromatic rings. The maximum Gasteiger partial charge on any atom is 0.331 e. The summed E-state index contributed by atoms with van der Waals surface area (Å²) in [5.41, 5.74) is -1.69. The number of carbonyl (C=O) groups excluding carboxylic acids is 1. The molecule has 10 atom stereocenters. The van der Waals surface area contributed by atoms with Gasteiger partial charge in [-0.15, -0.1) is 0 Å². The van der Waals surface area contributed by atoms with Crippen molar-refractivity contribution < 1.29 is 74.8 Å². The summed E-state index contributed by atoms with van der Waals surface area (Å²) in [5.74, 6) is -2.65. The lowest BCUT2D eigenvalue weighted by atomic mass is 9.82. The summed E-state index contributed by atoms with van der Waals surface area (Å²) >= 11 is 0. The molecule has 0 aliphatic carbocycles. The number of esters is 1. The van der Waals surface area contributed by atoms with Crippen molar-refractivity contribution in [2.75, 3.05) is 6.61 Å². The van der Waals surface area contributed by atoms with E-state index in [9.17, 15) is 55.9 Å². The van der Waals surface area contributed by atoms with Crippen molar-refractivity contribution in [1.29, 1.82) is 0 Å². The van der Waals surface area contributed by atoms with E-state index in [0.29, 0.717) is 11.1 Å². The number of hydrogen-bond donors (Lipinski definition) is 10. The van der Waals surface area contributed by atoms with Gasteiger partial charge in [0.2, 0.25) is 0 Å². The van der Waals surface area contributed by atoms with Crippen molar-refractivity contribution in [3.8, 4) is 23.0 Å². The minimum Gasteiger partial charge on any atom is -0.504 e. The first-order valence-corrected chi connectivity index (χ1v) is 13.7. The smallest absolute Gasteiger partial charge is 0.331 e. The van der Waals surface area contributed by atoms with Crippen molar-refractivity contribution in [3.05, 3.63) is 53.6 Å². The van der Waals surface area contributed by atoms with Crippen LogP contribution in [0.2, 0.25) is 0 Å². The van der Waals surface area contributed by atoms with Gasteiger partial charge in [0.15, 0.2) is 41.7 Å². The van der Waals surface area contributed by atoms with Crippen LogP contribution in [0.3, 0.4) is 0 Å². The fraction of sp³-hybridized carbons (Fsp3) is 0.483. The van der Waals surface area contributed by atoms with Crippen LogP contribution in [0.5, 0.6) is 23.0 Å². The predicted molar refractivity (Wildman–Crippen MR) is 147 cm³/mol. The number of hydrogen-bond acceptors (Lipinski definition) is 15. The van der Waals surface area contributed by atoms with Gasteiger partial charge < -0.3 is 70.0 Å². The number of aliphatic hydroxyl groups is 6. The Balaban J connectivity index is 1.53. The number of carbonyl (C=O) groups is 1. The summed E-state index contributed by atoms with van der Waals surface area (Å²) in [5, 5.41) is 102. The molecular formula is C29H36O15. The van der Waals surface area contributed by atoms with Crippen LogP contribution in [0.25, 0.3) is 6.08 Å². The Morgan fingerprint density at radius 3 is 2.20 bits per heavy atom. The van der Waals surface area contributed by atoms with Crippen molar-refractivity contribution in [1.82, 2.24) is 0 Å². The zero-order chi connectivity index (χ0) is 32.3. The Bertz CT molecular complexity index is 1330. The molecule has 2 fully saturated rings. The number of rotatable bonds is 9. The summed E-state index contributed by atoms with van der Waals surface area (Å²) in [6.45, 7) is 0.834. The molecule has 2 saturated heterocycles. The van der Waals surface area contributed by atoms with E-state index in [0.717, 1.165) is 6.08 Å². The van der Waals surface area contributed by atoms with Crippen LogP contribution in [-0.2, 0) is 30.2 Å². The fourth-order valence-corrected chi connectivity index (χ4v) is 4.93. The second-order valence-corrected chi connectivity index (χ2v) is 10.8. The molecule has 10 N–H and O–H groups in total. The third kappa shape index (κ3) is 7.23. The third-order valence-corrected chi connectivity index (χ3v) is 7.67. The van der Waals surface area contributed by atoms with E-state index in [1.165, 1.54) is 49.4 Å². The molecule has 0 saturated carbocycles. The van der Waals surface area contributed by atoms with Gasteiger partial charge in [0, 0.05) is 6.08 Å². The summed E-state index contributed by atoms with van der Waals surface area (Å²) < 4.78 is 21.9. The van der Waals surface area contributed by atoms with Crippen LogP contribution in [0, 0.1) is 0 Å². The van der Waals surface area contributed by atoms with E-state index in [2.05, 4.69) is 0 Å². The minimum absolute atomic E-state index is 0.0336. The lowest BCUT2D eigenvalue weighted by molar-refractivity contribution is -0.346. The molecule has 4 rings (SSSR count). The molecular weight excluding hydrogens is 588 g/mol. The lowest BCUT2D eigenvalue weighted by Gasteiger charge is -2.48. The average Bonchev–Trinajstić information content (AvgIpc) is 2.99. The molecule has 242 valence electrons. The summed E-state index contributed by atoms with van der Waals surface area (Å²) in [6, 6.07) is 7.65. The monoisotopic (exact) mass is 624 g/mol. The highest BCUT2D eigenvalue weighted by molar-refractivity contribution is 5.87. The molecule has 0 spiro atoms. The van der Waals surface area contributed by atoms with Gasteiger partial charge >= 0.3 is 5.97 Å². The minimum atomic E-state index is -2.42. The molecule has 0 aromatic heterocycles. The van der Waals surface area contributed by atoms with Gasteiger partial charge in [0.05, 0.1) is 12.7 Å². The summed E-state index contributed by atoms with van der Waals surface area (Å²) in [6.07, 6.45) is -12.5. The Hall–Kier alpha value is -3.51. The van der Waals surface area contributed by atoms with Crippen LogP contribution in [0.4, 0.5) is 0 Å². The highest BCUT2D eigenvalue weighted by Crippen LogP contribution is 2.36.